The third-order valence-corrected chi connectivity index (χ3v) is 7.65. The number of anilines is 1. The van der Waals surface area contributed by atoms with Gasteiger partial charge in [-0.1, -0.05) is 50.6 Å². The van der Waals surface area contributed by atoms with Crippen LogP contribution in [0.25, 0.3) is 22.4 Å². The van der Waals surface area contributed by atoms with E-state index in [0.717, 1.165) is 16.8 Å². The van der Waals surface area contributed by atoms with Crippen LogP contribution in [-0.4, -0.2) is 57.0 Å². The molecule has 1 fully saturated rings. The Kier molecular flexibility index (Phi) is 6.86. The van der Waals surface area contributed by atoms with Gasteiger partial charge in [0.2, 0.25) is 0 Å². The number of aromatic nitrogens is 2. The molecule has 9 heteroatoms. The number of aromatic carboxylic acids is 1. The van der Waals surface area contributed by atoms with Crippen LogP contribution in [0.2, 0.25) is 5.02 Å². The Balaban J connectivity index is 1.46. The van der Waals surface area contributed by atoms with Crippen LogP contribution in [0.3, 0.4) is 0 Å². The zero-order valence-electron chi connectivity index (χ0n) is 23.6. The molecule has 0 atom stereocenters. The van der Waals surface area contributed by atoms with Crippen molar-refractivity contribution in [3.05, 3.63) is 76.1 Å². The van der Waals surface area contributed by atoms with Crippen molar-refractivity contribution in [3.8, 4) is 11.3 Å². The number of amides is 1. The fourth-order valence-electron chi connectivity index (χ4n) is 5.22. The molecule has 1 amide bonds. The van der Waals surface area contributed by atoms with Crippen LogP contribution in [0, 0.1) is 6.92 Å². The lowest BCUT2D eigenvalue weighted by atomic mass is 9.86. The van der Waals surface area contributed by atoms with E-state index in [-0.39, 0.29) is 22.8 Å². The molecule has 0 aliphatic carbocycles. The first kappa shape index (κ1) is 27.6. The van der Waals surface area contributed by atoms with Gasteiger partial charge in [-0.15, -0.1) is 0 Å². The van der Waals surface area contributed by atoms with E-state index in [0.29, 0.717) is 47.1 Å². The number of carboxylic acid groups (broad SMARTS) is 1. The number of benzene rings is 1. The van der Waals surface area contributed by atoms with Crippen LogP contribution in [0.15, 0.2) is 52.9 Å². The van der Waals surface area contributed by atoms with Gasteiger partial charge in [0.05, 0.1) is 11.2 Å². The molecule has 0 spiro atoms. The normalized spacial score (nSPS) is 15.5. The monoisotopic (exact) mass is 560 g/mol. The topological polar surface area (TPSA) is 99.8 Å². The molecule has 5 rings (SSSR count). The van der Waals surface area contributed by atoms with Gasteiger partial charge in [-0.25, -0.2) is 14.8 Å². The van der Waals surface area contributed by atoms with Crippen molar-refractivity contribution in [2.45, 2.75) is 52.5 Å². The Labute approximate surface area is 238 Å². The summed E-state index contributed by atoms with van der Waals surface area (Å²) in [4.78, 5) is 38.5. The van der Waals surface area contributed by atoms with Crippen molar-refractivity contribution in [1.82, 2.24) is 14.9 Å². The third kappa shape index (κ3) is 5.16. The van der Waals surface area contributed by atoms with Crippen molar-refractivity contribution < 1.29 is 19.1 Å². The van der Waals surface area contributed by atoms with Crippen LogP contribution < -0.4 is 4.90 Å². The predicted molar refractivity (Wildman–Crippen MR) is 156 cm³/mol. The lowest BCUT2D eigenvalue weighted by Crippen LogP contribution is -2.61. The van der Waals surface area contributed by atoms with Crippen LogP contribution >= 0.6 is 11.6 Å². The number of carbonyl (C=O) groups is 2. The second-order valence-electron chi connectivity index (χ2n) is 12.0. The van der Waals surface area contributed by atoms with Gasteiger partial charge in [0, 0.05) is 41.9 Å². The highest BCUT2D eigenvalue weighted by Crippen LogP contribution is 2.36. The minimum atomic E-state index is -1.06. The second kappa shape index (κ2) is 9.93. The maximum atomic E-state index is 13.8. The Bertz CT molecular complexity index is 1620. The number of halogens is 1. The zero-order valence-corrected chi connectivity index (χ0v) is 24.3. The SMILES string of the molecule is Cc1ccc(N2CCN(C(=O)c3cc4nc(-c5ccc(Cl)cc5)cc(C(C)(C)C)c4o3)C(C)(C)C2)nc1C(=O)O. The molecular weight excluding hydrogens is 528 g/mol. The average molecular weight is 561 g/mol. The van der Waals surface area contributed by atoms with E-state index >= 15 is 0 Å². The molecule has 40 heavy (non-hydrogen) atoms. The van der Waals surface area contributed by atoms with Crippen molar-refractivity contribution in [3.63, 3.8) is 0 Å². The molecule has 0 bridgehead atoms. The molecule has 1 aliphatic rings. The number of carbonyl (C=O) groups excluding carboxylic acids is 1. The molecule has 0 unspecified atom stereocenters. The standard InChI is InChI=1S/C31H33ClN4O4/c1-18-7-12-25(34-26(18)29(38)39)35-13-14-36(31(5,6)17-35)28(37)24-16-23-27(40-24)21(30(2,3)4)15-22(33-23)19-8-10-20(32)11-9-19/h7-12,15-16H,13-14,17H2,1-6H3,(H,38,39). The maximum absolute atomic E-state index is 13.8. The van der Waals surface area contributed by atoms with Gasteiger partial charge in [-0.2, -0.15) is 0 Å². The number of piperazine rings is 1. The van der Waals surface area contributed by atoms with Crippen LogP contribution in [0.1, 0.15) is 66.8 Å². The van der Waals surface area contributed by atoms with Crippen molar-refractivity contribution in [1.29, 1.82) is 0 Å². The van der Waals surface area contributed by atoms with E-state index in [2.05, 4.69) is 25.8 Å². The summed E-state index contributed by atoms with van der Waals surface area (Å²) in [6.45, 7) is 13.4. The number of hydrogen-bond acceptors (Lipinski definition) is 6. The zero-order chi connectivity index (χ0) is 29.0. The van der Waals surface area contributed by atoms with Gasteiger partial charge in [-0.3, -0.25) is 4.79 Å². The Morgan fingerprint density at radius 1 is 1.02 bits per heavy atom. The van der Waals surface area contributed by atoms with Crippen molar-refractivity contribution in [2.24, 2.45) is 0 Å². The number of pyridine rings is 2. The highest BCUT2D eigenvalue weighted by molar-refractivity contribution is 6.30. The molecule has 3 aromatic heterocycles. The van der Waals surface area contributed by atoms with Crippen LogP contribution in [0.4, 0.5) is 5.82 Å². The van der Waals surface area contributed by atoms with E-state index in [4.69, 9.17) is 21.0 Å². The molecule has 208 valence electrons. The molecular formula is C31H33ClN4O4. The number of hydrogen-bond donors (Lipinski definition) is 1. The molecule has 4 heterocycles. The lowest BCUT2D eigenvalue weighted by Gasteiger charge is -2.47. The fraction of sp³-hybridized carbons (Fsp3) is 0.355. The number of aryl methyl sites for hydroxylation is 1. The van der Waals surface area contributed by atoms with Crippen molar-refractivity contribution >= 4 is 40.4 Å². The Morgan fingerprint density at radius 3 is 2.35 bits per heavy atom. The largest absolute Gasteiger partial charge is 0.477 e. The summed E-state index contributed by atoms with van der Waals surface area (Å²) in [5, 5.41) is 10.2. The van der Waals surface area contributed by atoms with Gasteiger partial charge >= 0.3 is 5.97 Å². The summed E-state index contributed by atoms with van der Waals surface area (Å²) in [5.41, 5.74) is 3.74. The van der Waals surface area contributed by atoms with E-state index < -0.39 is 11.5 Å². The molecule has 4 aromatic rings. The Morgan fingerprint density at radius 2 is 1.73 bits per heavy atom. The highest BCUT2D eigenvalue weighted by Gasteiger charge is 2.39. The molecule has 8 nitrogen and oxygen atoms in total. The summed E-state index contributed by atoms with van der Waals surface area (Å²) >= 11 is 6.09. The minimum absolute atomic E-state index is 0.0382. The maximum Gasteiger partial charge on any atom is 0.354 e. The summed E-state index contributed by atoms with van der Waals surface area (Å²) in [6, 6.07) is 14.9. The van der Waals surface area contributed by atoms with Gasteiger partial charge in [0.1, 0.15) is 11.3 Å². The average Bonchev–Trinajstić information content (AvgIpc) is 3.31. The number of nitrogens with zero attached hydrogens (tertiary/aromatic N) is 4. The summed E-state index contributed by atoms with van der Waals surface area (Å²) in [7, 11) is 0. The van der Waals surface area contributed by atoms with Gasteiger partial charge in [0.15, 0.2) is 17.0 Å². The molecule has 0 radical (unpaired) electrons. The first-order valence-corrected chi connectivity index (χ1v) is 13.6. The van der Waals surface area contributed by atoms with Gasteiger partial charge in [0.25, 0.3) is 5.91 Å². The summed E-state index contributed by atoms with van der Waals surface area (Å²) in [6.07, 6.45) is 0. The molecule has 1 N–H and O–H groups in total. The van der Waals surface area contributed by atoms with Gasteiger partial charge in [-0.05, 0) is 56.0 Å². The third-order valence-electron chi connectivity index (χ3n) is 7.39. The highest BCUT2D eigenvalue weighted by atomic mass is 35.5. The number of fused-ring (bicyclic) bond motifs is 1. The van der Waals surface area contributed by atoms with Gasteiger partial charge < -0.3 is 19.3 Å². The smallest absolute Gasteiger partial charge is 0.354 e. The molecule has 1 aromatic carbocycles. The van der Waals surface area contributed by atoms with Crippen molar-refractivity contribution in [2.75, 3.05) is 24.5 Å². The molecule has 1 aliphatic heterocycles. The molecule has 1 saturated heterocycles. The fourth-order valence-corrected chi connectivity index (χ4v) is 5.35. The quantitative estimate of drug-likeness (QED) is 0.300. The van der Waals surface area contributed by atoms with E-state index in [1.807, 2.05) is 60.0 Å². The number of rotatable bonds is 4. The first-order valence-electron chi connectivity index (χ1n) is 13.2. The predicted octanol–water partition coefficient (Wildman–Crippen LogP) is 6.59. The number of furan rings is 1. The lowest BCUT2D eigenvalue weighted by molar-refractivity contribution is 0.0483. The summed E-state index contributed by atoms with van der Waals surface area (Å²) in [5.74, 6) is -0.441. The molecule has 0 saturated carbocycles. The van der Waals surface area contributed by atoms with E-state index in [1.165, 1.54) is 0 Å². The summed E-state index contributed by atoms with van der Waals surface area (Å²) < 4.78 is 6.24. The van der Waals surface area contributed by atoms with Crippen LogP contribution in [-0.2, 0) is 5.41 Å². The van der Waals surface area contributed by atoms with Crippen LogP contribution in [0.5, 0.6) is 0 Å². The Hall–Kier alpha value is -3.91. The second-order valence-corrected chi connectivity index (χ2v) is 12.4. The number of carboxylic acids is 1. The first-order chi connectivity index (χ1) is 18.7. The van der Waals surface area contributed by atoms with E-state index in [9.17, 15) is 14.7 Å². The minimum Gasteiger partial charge on any atom is -0.477 e. The van der Waals surface area contributed by atoms with E-state index in [1.54, 1.807) is 19.1 Å².